The van der Waals surface area contributed by atoms with Crippen LogP contribution in [0.5, 0.6) is 0 Å². The summed E-state index contributed by atoms with van der Waals surface area (Å²) in [6.45, 7) is 1.36. The molecule has 0 bridgehead atoms. The Bertz CT molecular complexity index is 1360. The number of halogens is 3. The lowest BCUT2D eigenvalue weighted by Crippen LogP contribution is -2.38. The molecule has 0 saturated heterocycles. The number of fused-ring (bicyclic) bond motifs is 2. The van der Waals surface area contributed by atoms with Gasteiger partial charge in [-0.25, -0.2) is 9.97 Å². The molecule has 2 heterocycles. The molecule has 0 spiro atoms. The Hall–Kier alpha value is -3.67. The Morgan fingerprint density at radius 1 is 1.12 bits per heavy atom. The molecular weight excluding hydrogens is 447 g/mol. The number of carboxylic acid groups (broad SMARTS) is 1. The second kappa shape index (κ2) is 7.79. The zero-order chi connectivity index (χ0) is 23.2. The zero-order valence-electron chi connectivity index (χ0n) is 16.7. The molecule has 0 aliphatic heterocycles. The first-order valence-electron chi connectivity index (χ1n) is 9.28. The zero-order valence-corrected chi connectivity index (χ0v) is 17.5. The van der Waals surface area contributed by atoms with Crippen molar-refractivity contribution >= 4 is 55.5 Å². The van der Waals surface area contributed by atoms with Crippen molar-refractivity contribution in [3.05, 3.63) is 47.5 Å². The van der Waals surface area contributed by atoms with Crippen LogP contribution in [0.4, 0.5) is 24.3 Å². The van der Waals surface area contributed by atoms with Gasteiger partial charge in [0.2, 0.25) is 5.95 Å². The van der Waals surface area contributed by atoms with Gasteiger partial charge < -0.3 is 20.3 Å². The lowest BCUT2D eigenvalue weighted by Gasteiger charge is -2.09. The van der Waals surface area contributed by atoms with E-state index in [9.17, 15) is 22.8 Å². The molecule has 2 aromatic carbocycles. The van der Waals surface area contributed by atoms with Gasteiger partial charge in [-0.2, -0.15) is 13.2 Å². The molecule has 166 valence electrons. The summed E-state index contributed by atoms with van der Waals surface area (Å²) >= 11 is 1.06. The molecule has 0 aliphatic rings. The van der Waals surface area contributed by atoms with E-state index in [1.54, 1.807) is 23.7 Å². The largest absolute Gasteiger partial charge is 0.480 e. The van der Waals surface area contributed by atoms with Gasteiger partial charge in [0.1, 0.15) is 6.04 Å². The van der Waals surface area contributed by atoms with E-state index in [0.29, 0.717) is 32.3 Å². The number of nitrogens with one attached hydrogen (secondary N) is 2. The molecule has 32 heavy (non-hydrogen) atoms. The molecule has 0 aliphatic carbocycles. The van der Waals surface area contributed by atoms with Crippen LogP contribution in [0.2, 0.25) is 0 Å². The topological polar surface area (TPSA) is 109 Å². The number of thiazole rings is 1. The first kappa shape index (κ1) is 21.6. The summed E-state index contributed by atoms with van der Waals surface area (Å²) in [7, 11) is 1.74. The number of hydrogen-bond donors (Lipinski definition) is 3. The number of amides is 1. The predicted octanol–water partition coefficient (Wildman–Crippen LogP) is 4.15. The molecule has 8 nitrogen and oxygen atoms in total. The van der Waals surface area contributed by atoms with Gasteiger partial charge in [0, 0.05) is 12.6 Å². The smallest absolute Gasteiger partial charge is 0.416 e. The van der Waals surface area contributed by atoms with Crippen molar-refractivity contribution in [3.63, 3.8) is 0 Å². The molecule has 0 saturated carbocycles. The van der Waals surface area contributed by atoms with Crippen molar-refractivity contribution in [1.82, 2.24) is 19.9 Å². The first-order valence-corrected chi connectivity index (χ1v) is 10.1. The summed E-state index contributed by atoms with van der Waals surface area (Å²) in [6, 6.07) is 7.05. The van der Waals surface area contributed by atoms with E-state index in [1.165, 1.54) is 19.1 Å². The van der Waals surface area contributed by atoms with Crippen molar-refractivity contribution < 1.29 is 27.9 Å². The Morgan fingerprint density at radius 2 is 1.88 bits per heavy atom. The quantitative estimate of drug-likeness (QED) is 0.410. The standard InChI is InChI=1S/C20H16F3N5O3S/c1-9(17(30)31)24-16(29)10-3-6-14-13(7-10)25-18(28(14)2)27-19-26-12-5-4-11(20(21,22)23)8-15(12)32-19/h3-9H,1-2H3,(H,24,29)(H,30,31)(H,25,26,27). The predicted molar refractivity (Wildman–Crippen MR) is 113 cm³/mol. The highest BCUT2D eigenvalue weighted by molar-refractivity contribution is 7.22. The number of benzene rings is 2. The molecule has 0 fully saturated rings. The van der Waals surface area contributed by atoms with Crippen molar-refractivity contribution in [1.29, 1.82) is 0 Å². The summed E-state index contributed by atoms with van der Waals surface area (Å²) in [5.41, 5.74) is 1.10. The number of alkyl halides is 3. The normalized spacial score (nSPS) is 12.8. The maximum Gasteiger partial charge on any atom is 0.416 e. The van der Waals surface area contributed by atoms with Gasteiger partial charge in [-0.15, -0.1) is 0 Å². The summed E-state index contributed by atoms with van der Waals surface area (Å²) < 4.78 is 40.9. The maximum atomic E-state index is 12.9. The second-order valence-electron chi connectivity index (χ2n) is 7.06. The number of nitrogens with zero attached hydrogens (tertiary/aromatic N) is 3. The van der Waals surface area contributed by atoms with E-state index in [2.05, 4.69) is 20.6 Å². The van der Waals surface area contributed by atoms with Gasteiger partial charge in [0.15, 0.2) is 5.13 Å². The number of aliphatic carboxylic acids is 1. The fraction of sp³-hybridized carbons (Fsp3) is 0.200. The van der Waals surface area contributed by atoms with Crippen LogP contribution in [0.25, 0.3) is 21.3 Å². The van der Waals surface area contributed by atoms with E-state index in [-0.39, 0.29) is 5.56 Å². The van der Waals surface area contributed by atoms with E-state index in [4.69, 9.17) is 5.11 Å². The fourth-order valence-electron chi connectivity index (χ4n) is 3.04. The van der Waals surface area contributed by atoms with Gasteiger partial charge in [-0.05, 0) is 43.3 Å². The summed E-state index contributed by atoms with van der Waals surface area (Å²) in [6.07, 6.45) is -4.44. The van der Waals surface area contributed by atoms with E-state index in [0.717, 1.165) is 23.5 Å². The van der Waals surface area contributed by atoms with Crippen LogP contribution >= 0.6 is 11.3 Å². The summed E-state index contributed by atoms with van der Waals surface area (Å²) in [5, 5.41) is 14.7. The highest BCUT2D eigenvalue weighted by Crippen LogP contribution is 2.35. The molecular formula is C20H16F3N5O3S. The minimum atomic E-state index is -4.44. The van der Waals surface area contributed by atoms with Gasteiger partial charge in [-0.3, -0.25) is 9.59 Å². The average Bonchev–Trinajstić information content (AvgIpc) is 3.26. The highest BCUT2D eigenvalue weighted by Gasteiger charge is 2.30. The highest BCUT2D eigenvalue weighted by atomic mass is 32.1. The Balaban J connectivity index is 1.61. The van der Waals surface area contributed by atoms with Crippen LogP contribution in [0.15, 0.2) is 36.4 Å². The van der Waals surface area contributed by atoms with Crippen molar-refractivity contribution in [2.75, 3.05) is 5.32 Å². The van der Waals surface area contributed by atoms with Crippen LogP contribution in [-0.4, -0.2) is 37.6 Å². The number of aromatic nitrogens is 3. The molecule has 1 atom stereocenters. The van der Waals surface area contributed by atoms with Gasteiger partial charge in [0.05, 0.1) is 26.8 Å². The van der Waals surface area contributed by atoms with Gasteiger partial charge >= 0.3 is 12.1 Å². The minimum Gasteiger partial charge on any atom is -0.480 e. The number of carbonyl (C=O) groups is 2. The number of rotatable bonds is 5. The Morgan fingerprint density at radius 3 is 2.56 bits per heavy atom. The summed E-state index contributed by atoms with van der Waals surface area (Å²) in [5.74, 6) is -1.32. The lowest BCUT2D eigenvalue weighted by atomic mass is 10.1. The Labute approximate surface area is 182 Å². The van der Waals surface area contributed by atoms with Crippen LogP contribution in [-0.2, 0) is 18.0 Å². The second-order valence-corrected chi connectivity index (χ2v) is 8.09. The van der Waals surface area contributed by atoms with Crippen molar-refractivity contribution in [3.8, 4) is 0 Å². The SMILES string of the molecule is CC(NC(=O)c1ccc2c(c1)nc(Nc1nc3ccc(C(F)(F)F)cc3s1)n2C)C(=O)O. The van der Waals surface area contributed by atoms with Gasteiger partial charge in [0.25, 0.3) is 5.91 Å². The van der Waals surface area contributed by atoms with Crippen molar-refractivity contribution in [2.24, 2.45) is 7.05 Å². The third kappa shape index (κ3) is 4.08. The molecule has 2 aromatic heterocycles. The summed E-state index contributed by atoms with van der Waals surface area (Å²) in [4.78, 5) is 31.9. The molecule has 3 N–H and O–H groups in total. The van der Waals surface area contributed by atoms with Crippen LogP contribution in [0.1, 0.15) is 22.8 Å². The molecule has 1 amide bonds. The van der Waals surface area contributed by atoms with E-state index < -0.39 is 29.7 Å². The molecule has 0 radical (unpaired) electrons. The number of hydrogen-bond acceptors (Lipinski definition) is 6. The lowest BCUT2D eigenvalue weighted by molar-refractivity contribution is -0.139. The fourth-order valence-corrected chi connectivity index (χ4v) is 3.94. The van der Waals surface area contributed by atoms with Gasteiger partial charge in [-0.1, -0.05) is 11.3 Å². The molecule has 4 aromatic rings. The maximum absolute atomic E-state index is 12.9. The number of carbonyl (C=O) groups excluding carboxylic acids is 1. The molecule has 4 rings (SSSR count). The molecule has 12 heteroatoms. The first-order chi connectivity index (χ1) is 15.0. The number of anilines is 2. The minimum absolute atomic E-state index is 0.245. The van der Waals surface area contributed by atoms with Crippen LogP contribution in [0, 0.1) is 0 Å². The Kier molecular flexibility index (Phi) is 5.25. The number of aryl methyl sites for hydroxylation is 1. The third-order valence-electron chi connectivity index (χ3n) is 4.80. The average molecular weight is 463 g/mol. The van der Waals surface area contributed by atoms with Crippen molar-refractivity contribution in [2.45, 2.75) is 19.1 Å². The number of imidazole rings is 1. The van der Waals surface area contributed by atoms with Crippen LogP contribution in [0.3, 0.4) is 0 Å². The van der Waals surface area contributed by atoms with E-state index in [1.807, 2.05) is 0 Å². The monoisotopic (exact) mass is 463 g/mol. The molecule has 1 unspecified atom stereocenters. The number of carboxylic acids is 1. The van der Waals surface area contributed by atoms with Crippen LogP contribution < -0.4 is 10.6 Å². The van der Waals surface area contributed by atoms with E-state index >= 15 is 0 Å². The third-order valence-corrected chi connectivity index (χ3v) is 5.73.